The van der Waals surface area contributed by atoms with Crippen LogP contribution in [0, 0.1) is 23.2 Å². The summed E-state index contributed by atoms with van der Waals surface area (Å²) in [5.74, 6) is 0.0703. The van der Waals surface area contributed by atoms with Gasteiger partial charge in [0.15, 0.2) is 5.78 Å². The molecule has 3 rings (SSSR count). The van der Waals surface area contributed by atoms with Gasteiger partial charge < -0.3 is 4.90 Å². The molecule has 4 atom stereocenters. The number of anilines is 1. The third kappa shape index (κ3) is 1.39. The van der Waals surface area contributed by atoms with Gasteiger partial charge in [-0.2, -0.15) is 5.26 Å². The molecule has 3 heteroatoms. The Morgan fingerprint density at radius 1 is 1.28 bits per heavy atom. The van der Waals surface area contributed by atoms with Gasteiger partial charge in [-0.25, -0.2) is 0 Å². The molecule has 1 fully saturated rings. The normalized spacial score (nSPS) is 33.6. The number of rotatable bonds is 1. The molecule has 0 spiro atoms. The van der Waals surface area contributed by atoms with E-state index in [1.165, 1.54) is 0 Å². The van der Waals surface area contributed by atoms with E-state index in [4.69, 9.17) is 0 Å². The minimum Gasteiger partial charge on any atom is -0.353 e. The van der Waals surface area contributed by atoms with Gasteiger partial charge in [-0.1, -0.05) is 31.2 Å². The Kier molecular flexibility index (Phi) is 2.45. The number of carbonyl (C=O) groups is 1. The zero-order valence-electron chi connectivity index (χ0n) is 10.2. The quantitative estimate of drug-likeness (QED) is 0.753. The zero-order valence-corrected chi connectivity index (χ0v) is 10.2. The number of nitrogens with zero attached hydrogens (tertiary/aromatic N) is 2. The summed E-state index contributed by atoms with van der Waals surface area (Å²) in [6, 6.07) is 12.1. The first-order valence-electron chi connectivity index (χ1n) is 6.19. The summed E-state index contributed by atoms with van der Waals surface area (Å²) in [4.78, 5) is 14.2. The molecule has 2 heterocycles. The van der Waals surface area contributed by atoms with Gasteiger partial charge in [-0.15, -0.1) is 0 Å². The lowest BCUT2D eigenvalue weighted by molar-refractivity contribution is -0.116. The molecule has 90 valence electrons. The van der Waals surface area contributed by atoms with Gasteiger partial charge in [0.1, 0.15) is 0 Å². The summed E-state index contributed by atoms with van der Waals surface area (Å²) in [5.41, 5.74) is 1.02. The average molecular weight is 238 g/mol. The Morgan fingerprint density at radius 3 is 2.67 bits per heavy atom. The summed E-state index contributed by atoms with van der Waals surface area (Å²) in [6.07, 6.45) is 3.52. The van der Waals surface area contributed by atoms with Crippen molar-refractivity contribution in [2.45, 2.75) is 19.0 Å². The van der Waals surface area contributed by atoms with E-state index in [1.54, 1.807) is 6.08 Å². The van der Waals surface area contributed by atoms with Crippen molar-refractivity contribution >= 4 is 11.5 Å². The standard InChI is InChI=1S/C15H14N2O/c1-10-12(9-16)13-7-8-14(18)15(10)17(13)11-5-3-2-4-6-11/h2-8,10,12-13,15H,1H3/t10-,12-,13-,15-/m1/s1. The van der Waals surface area contributed by atoms with Crippen molar-refractivity contribution in [2.24, 2.45) is 11.8 Å². The molecule has 2 aliphatic rings. The van der Waals surface area contributed by atoms with Gasteiger partial charge >= 0.3 is 0 Å². The highest BCUT2D eigenvalue weighted by atomic mass is 16.1. The molecule has 3 nitrogen and oxygen atoms in total. The second kappa shape index (κ2) is 3.99. The molecule has 0 radical (unpaired) electrons. The molecule has 1 aromatic carbocycles. The molecule has 2 aliphatic heterocycles. The van der Waals surface area contributed by atoms with Crippen molar-refractivity contribution in [2.75, 3.05) is 4.90 Å². The predicted octanol–water partition coefficient (Wildman–Crippen LogP) is 2.16. The first-order chi connectivity index (χ1) is 8.74. The van der Waals surface area contributed by atoms with Gasteiger partial charge in [0.05, 0.1) is 24.1 Å². The molecule has 1 saturated heterocycles. The molecule has 18 heavy (non-hydrogen) atoms. The van der Waals surface area contributed by atoms with E-state index in [2.05, 4.69) is 11.0 Å². The van der Waals surface area contributed by atoms with E-state index in [1.807, 2.05) is 43.3 Å². The molecule has 0 amide bonds. The van der Waals surface area contributed by atoms with Crippen molar-refractivity contribution in [3.05, 3.63) is 42.5 Å². The fourth-order valence-electron chi connectivity index (χ4n) is 3.15. The maximum atomic E-state index is 12.1. The third-order valence-electron chi connectivity index (χ3n) is 4.01. The van der Waals surface area contributed by atoms with Crippen LogP contribution in [0.4, 0.5) is 5.69 Å². The Hall–Kier alpha value is -2.08. The van der Waals surface area contributed by atoms with Crippen LogP contribution in [0.1, 0.15) is 6.92 Å². The van der Waals surface area contributed by atoms with E-state index in [9.17, 15) is 10.1 Å². The van der Waals surface area contributed by atoms with E-state index < -0.39 is 0 Å². The van der Waals surface area contributed by atoms with Crippen molar-refractivity contribution in [1.82, 2.24) is 0 Å². The zero-order chi connectivity index (χ0) is 12.7. The summed E-state index contributed by atoms with van der Waals surface area (Å²) in [6.45, 7) is 2.00. The fraction of sp³-hybridized carbons (Fsp3) is 0.333. The smallest absolute Gasteiger partial charge is 0.178 e. The number of hydrogen-bond acceptors (Lipinski definition) is 3. The highest BCUT2D eigenvalue weighted by Crippen LogP contribution is 2.41. The van der Waals surface area contributed by atoms with Gasteiger partial charge in [0.25, 0.3) is 0 Å². The molecule has 1 aromatic rings. The van der Waals surface area contributed by atoms with E-state index in [0.717, 1.165) is 5.69 Å². The van der Waals surface area contributed by atoms with Crippen LogP contribution in [0.25, 0.3) is 0 Å². The molecule has 0 aromatic heterocycles. The summed E-state index contributed by atoms with van der Waals surface area (Å²) < 4.78 is 0. The molecule has 0 unspecified atom stereocenters. The number of ketones is 1. The van der Waals surface area contributed by atoms with Gasteiger partial charge in [-0.3, -0.25) is 4.79 Å². The number of nitriles is 1. The minimum atomic E-state index is -0.188. The molecule has 0 aliphatic carbocycles. The number of benzene rings is 1. The molecule has 0 N–H and O–H groups in total. The average Bonchev–Trinajstić information content (AvgIpc) is 2.62. The predicted molar refractivity (Wildman–Crippen MR) is 68.9 cm³/mol. The maximum Gasteiger partial charge on any atom is 0.178 e. The number of hydrogen-bond donors (Lipinski definition) is 0. The van der Waals surface area contributed by atoms with Crippen molar-refractivity contribution in [3.8, 4) is 6.07 Å². The largest absolute Gasteiger partial charge is 0.353 e. The van der Waals surface area contributed by atoms with Gasteiger partial charge in [0.2, 0.25) is 0 Å². The van der Waals surface area contributed by atoms with Crippen LogP contribution in [0.5, 0.6) is 0 Å². The van der Waals surface area contributed by atoms with Crippen molar-refractivity contribution < 1.29 is 4.79 Å². The number of carbonyl (C=O) groups excluding carboxylic acids is 1. The van der Waals surface area contributed by atoms with Crippen molar-refractivity contribution in [1.29, 1.82) is 5.26 Å². The first kappa shape index (κ1) is 11.0. The SMILES string of the molecule is C[C@@H]1[C@@H](C#N)[C@H]2C=CC(=O)[C@@H]1N2c1ccccc1. The second-order valence-electron chi connectivity index (χ2n) is 4.95. The lowest BCUT2D eigenvalue weighted by Gasteiger charge is -2.33. The molecular weight excluding hydrogens is 224 g/mol. The summed E-state index contributed by atoms with van der Waals surface area (Å²) in [7, 11) is 0. The Morgan fingerprint density at radius 2 is 2.00 bits per heavy atom. The number of fused-ring (bicyclic) bond motifs is 2. The number of para-hydroxylation sites is 1. The fourth-order valence-corrected chi connectivity index (χ4v) is 3.15. The topological polar surface area (TPSA) is 44.1 Å². The Labute approximate surface area is 106 Å². The molecule has 0 saturated carbocycles. The Bertz CT molecular complexity index is 543. The lowest BCUT2D eigenvalue weighted by Crippen LogP contribution is -2.44. The van der Waals surface area contributed by atoms with Crippen LogP contribution in [0.3, 0.4) is 0 Å². The molecular formula is C15H14N2O. The van der Waals surface area contributed by atoms with E-state index in [0.29, 0.717) is 0 Å². The van der Waals surface area contributed by atoms with Gasteiger partial charge in [0, 0.05) is 11.6 Å². The first-order valence-corrected chi connectivity index (χ1v) is 6.19. The van der Waals surface area contributed by atoms with Crippen LogP contribution >= 0.6 is 0 Å². The van der Waals surface area contributed by atoms with Crippen LogP contribution in [-0.4, -0.2) is 17.9 Å². The van der Waals surface area contributed by atoms with Crippen LogP contribution < -0.4 is 4.90 Å². The van der Waals surface area contributed by atoms with Crippen LogP contribution in [0.2, 0.25) is 0 Å². The van der Waals surface area contributed by atoms with Crippen LogP contribution in [0.15, 0.2) is 42.5 Å². The minimum absolute atomic E-state index is 0.0232. The summed E-state index contributed by atoms with van der Waals surface area (Å²) in [5, 5.41) is 9.31. The third-order valence-corrected chi connectivity index (χ3v) is 4.01. The Balaban J connectivity index is 2.09. The second-order valence-corrected chi connectivity index (χ2v) is 4.95. The van der Waals surface area contributed by atoms with Crippen molar-refractivity contribution in [3.63, 3.8) is 0 Å². The highest BCUT2D eigenvalue weighted by molar-refractivity contribution is 5.99. The monoisotopic (exact) mass is 238 g/mol. The summed E-state index contributed by atoms with van der Waals surface area (Å²) >= 11 is 0. The molecule has 2 bridgehead atoms. The van der Waals surface area contributed by atoms with Crippen LogP contribution in [-0.2, 0) is 4.79 Å². The van der Waals surface area contributed by atoms with E-state index in [-0.39, 0.29) is 29.7 Å². The van der Waals surface area contributed by atoms with E-state index >= 15 is 0 Å². The van der Waals surface area contributed by atoms with Gasteiger partial charge in [-0.05, 0) is 18.2 Å². The maximum absolute atomic E-state index is 12.1. The highest BCUT2D eigenvalue weighted by Gasteiger charge is 2.50. The lowest BCUT2D eigenvalue weighted by atomic mass is 9.91.